The second-order valence-electron chi connectivity index (χ2n) is 4.29. The van der Waals surface area contributed by atoms with Crippen molar-refractivity contribution in [3.8, 4) is 0 Å². The molecule has 2 heterocycles. The zero-order valence-electron chi connectivity index (χ0n) is 10.4. The number of anilines is 2. The van der Waals surface area contributed by atoms with Crippen LogP contribution in [0.4, 0.5) is 11.6 Å². The number of halogens is 1. The van der Waals surface area contributed by atoms with Crippen molar-refractivity contribution in [1.82, 2.24) is 9.97 Å². The predicted molar refractivity (Wildman–Crippen MR) is 74.6 cm³/mol. The Balaban J connectivity index is 2.28. The molecule has 5 heteroatoms. The van der Waals surface area contributed by atoms with Crippen molar-refractivity contribution >= 4 is 27.6 Å². The number of hydrogen-bond donors (Lipinski definition) is 1. The summed E-state index contributed by atoms with van der Waals surface area (Å²) in [6.07, 6.45) is 5.34. The largest absolute Gasteiger partial charge is 0.369 e. The van der Waals surface area contributed by atoms with Crippen LogP contribution in [0.3, 0.4) is 0 Å². The van der Waals surface area contributed by atoms with Crippen LogP contribution in [0.1, 0.15) is 33.1 Å². The summed E-state index contributed by atoms with van der Waals surface area (Å²) in [7, 11) is 0. The lowest BCUT2D eigenvalue weighted by molar-refractivity contribution is 0.639. The molecule has 94 valence electrons. The molecule has 17 heavy (non-hydrogen) atoms. The van der Waals surface area contributed by atoms with Gasteiger partial charge in [-0.15, -0.1) is 0 Å². The van der Waals surface area contributed by atoms with Crippen LogP contribution in [0.25, 0.3) is 0 Å². The second-order valence-corrected chi connectivity index (χ2v) is 5.08. The highest BCUT2D eigenvalue weighted by atomic mass is 79.9. The second kappa shape index (κ2) is 5.67. The van der Waals surface area contributed by atoms with Crippen molar-refractivity contribution in [2.24, 2.45) is 0 Å². The minimum atomic E-state index is 0.621. The molecule has 0 amide bonds. The van der Waals surface area contributed by atoms with Crippen LogP contribution in [0.2, 0.25) is 0 Å². The van der Waals surface area contributed by atoms with E-state index in [1.807, 2.05) is 0 Å². The fourth-order valence-electron chi connectivity index (χ4n) is 2.39. The van der Waals surface area contributed by atoms with Gasteiger partial charge in [0.05, 0.1) is 0 Å². The van der Waals surface area contributed by atoms with Crippen molar-refractivity contribution in [2.75, 3.05) is 23.3 Å². The van der Waals surface area contributed by atoms with Gasteiger partial charge in [0.2, 0.25) is 0 Å². The maximum Gasteiger partial charge on any atom is 0.148 e. The van der Waals surface area contributed by atoms with Gasteiger partial charge in [0, 0.05) is 19.1 Å². The number of rotatable bonds is 4. The molecule has 1 aliphatic heterocycles. The lowest BCUT2D eigenvalue weighted by Crippen LogP contribution is -2.29. The summed E-state index contributed by atoms with van der Waals surface area (Å²) in [4.78, 5) is 11.1. The number of nitrogens with zero attached hydrogens (tertiary/aromatic N) is 3. The van der Waals surface area contributed by atoms with E-state index in [4.69, 9.17) is 0 Å². The number of hydrogen-bond acceptors (Lipinski definition) is 4. The average molecular weight is 299 g/mol. The molecule has 0 aliphatic carbocycles. The van der Waals surface area contributed by atoms with E-state index < -0.39 is 0 Å². The van der Waals surface area contributed by atoms with Gasteiger partial charge in [-0.2, -0.15) is 0 Å². The minimum absolute atomic E-state index is 0.621. The Morgan fingerprint density at radius 1 is 1.47 bits per heavy atom. The van der Waals surface area contributed by atoms with Crippen LogP contribution < -0.4 is 10.2 Å². The van der Waals surface area contributed by atoms with Gasteiger partial charge in [-0.05, 0) is 42.1 Å². The van der Waals surface area contributed by atoms with Gasteiger partial charge in [0.15, 0.2) is 0 Å². The molecule has 0 bridgehead atoms. The summed E-state index contributed by atoms with van der Waals surface area (Å²) in [6.45, 7) is 6.27. The van der Waals surface area contributed by atoms with Crippen molar-refractivity contribution in [3.63, 3.8) is 0 Å². The Kier molecular flexibility index (Phi) is 4.20. The van der Waals surface area contributed by atoms with Gasteiger partial charge in [0.1, 0.15) is 22.4 Å². The van der Waals surface area contributed by atoms with Crippen molar-refractivity contribution in [1.29, 1.82) is 0 Å². The lowest BCUT2D eigenvalue weighted by Gasteiger charge is -2.26. The molecule has 0 spiro atoms. The third-order valence-corrected chi connectivity index (χ3v) is 3.97. The molecule has 1 saturated heterocycles. The first kappa shape index (κ1) is 12.6. The van der Waals surface area contributed by atoms with Crippen LogP contribution in [0.5, 0.6) is 0 Å². The van der Waals surface area contributed by atoms with E-state index >= 15 is 0 Å². The first-order valence-corrected chi connectivity index (χ1v) is 7.08. The van der Waals surface area contributed by atoms with E-state index in [-0.39, 0.29) is 0 Å². The van der Waals surface area contributed by atoms with E-state index in [0.29, 0.717) is 6.04 Å². The standard InChI is InChI=1S/C12H19BrN4/c1-3-9-6-5-7-17(9)12-10(13)11(14-4-2)15-8-16-12/h8-9H,3-7H2,1-2H3,(H,14,15,16). The third kappa shape index (κ3) is 2.54. The fourth-order valence-corrected chi connectivity index (χ4v) is 2.96. The molecule has 0 saturated carbocycles. The molecule has 1 atom stereocenters. The smallest absolute Gasteiger partial charge is 0.148 e. The Bertz CT molecular complexity index is 383. The molecule has 1 unspecified atom stereocenters. The molecule has 1 fully saturated rings. The molecular formula is C12H19BrN4. The molecule has 1 aromatic heterocycles. The first-order valence-electron chi connectivity index (χ1n) is 6.28. The SMILES string of the molecule is CCNc1ncnc(N2CCCC2CC)c1Br. The maximum atomic E-state index is 4.43. The lowest BCUT2D eigenvalue weighted by atomic mass is 10.2. The molecule has 0 aromatic carbocycles. The van der Waals surface area contributed by atoms with E-state index in [9.17, 15) is 0 Å². The summed E-state index contributed by atoms with van der Waals surface area (Å²) in [5.74, 6) is 1.92. The third-order valence-electron chi connectivity index (χ3n) is 3.24. The average Bonchev–Trinajstić information content (AvgIpc) is 2.80. The Morgan fingerprint density at radius 3 is 3.00 bits per heavy atom. The van der Waals surface area contributed by atoms with Gasteiger partial charge in [0.25, 0.3) is 0 Å². The van der Waals surface area contributed by atoms with Crippen LogP contribution in [-0.2, 0) is 0 Å². The molecular weight excluding hydrogens is 280 g/mol. The van der Waals surface area contributed by atoms with Crippen LogP contribution in [0, 0.1) is 0 Å². The Labute approximate surface area is 111 Å². The summed E-state index contributed by atoms with van der Waals surface area (Å²) in [6, 6.07) is 0.621. The van der Waals surface area contributed by atoms with Gasteiger partial charge >= 0.3 is 0 Å². The molecule has 0 radical (unpaired) electrons. The molecule has 4 nitrogen and oxygen atoms in total. The summed E-state index contributed by atoms with van der Waals surface area (Å²) in [5, 5.41) is 3.25. The Morgan fingerprint density at radius 2 is 2.29 bits per heavy atom. The van der Waals surface area contributed by atoms with Crippen LogP contribution in [-0.4, -0.2) is 29.1 Å². The molecule has 1 aliphatic rings. The molecule has 1 N–H and O–H groups in total. The van der Waals surface area contributed by atoms with Gasteiger partial charge < -0.3 is 10.2 Å². The maximum absolute atomic E-state index is 4.43. The quantitative estimate of drug-likeness (QED) is 0.928. The number of aromatic nitrogens is 2. The summed E-state index contributed by atoms with van der Waals surface area (Å²) >= 11 is 3.62. The van der Waals surface area contributed by atoms with Crippen molar-refractivity contribution in [2.45, 2.75) is 39.2 Å². The zero-order valence-corrected chi connectivity index (χ0v) is 12.0. The number of nitrogens with one attached hydrogen (secondary N) is 1. The van der Waals surface area contributed by atoms with Crippen molar-refractivity contribution in [3.05, 3.63) is 10.8 Å². The summed E-state index contributed by atoms with van der Waals surface area (Å²) < 4.78 is 0.988. The topological polar surface area (TPSA) is 41.1 Å². The highest BCUT2D eigenvalue weighted by Gasteiger charge is 2.26. The van der Waals surface area contributed by atoms with Gasteiger partial charge in [-0.1, -0.05) is 6.92 Å². The fraction of sp³-hybridized carbons (Fsp3) is 0.667. The Hall–Kier alpha value is -0.840. The van der Waals surface area contributed by atoms with Gasteiger partial charge in [-0.25, -0.2) is 9.97 Å². The first-order chi connectivity index (χ1) is 8.27. The van der Waals surface area contributed by atoms with Crippen LogP contribution in [0.15, 0.2) is 10.8 Å². The molecule has 2 rings (SSSR count). The normalized spacial score (nSPS) is 19.7. The zero-order chi connectivity index (χ0) is 12.3. The summed E-state index contributed by atoms with van der Waals surface area (Å²) in [5.41, 5.74) is 0. The van der Waals surface area contributed by atoms with E-state index in [1.54, 1.807) is 6.33 Å². The molecule has 1 aromatic rings. The van der Waals surface area contributed by atoms with Crippen LogP contribution >= 0.6 is 15.9 Å². The van der Waals surface area contributed by atoms with E-state index in [0.717, 1.165) is 29.2 Å². The predicted octanol–water partition coefficient (Wildman–Crippen LogP) is 3.05. The highest BCUT2D eigenvalue weighted by Crippen LogP contribution is 2.34. The van der Waals surface area contributed by atoms with Crippen molar-refractivity contribution < 1.29 is 0 Å². The monoisotopic (exact) mass is 298 g/mol. The van der Waals surface area contributed by atoms with E-state index in [2.05, 4.69) is 50.0 Å². The van der Waals surface area contributed by atoms with Gasteiger partial charge in [-0.3, -0.25) is 0 Å². The minimum Gasteiger partial charge on any atom is -0.369 e. The highest BCUT2D eigenvalue weighted by molar-refractivity contribution is 9.10. The van der Waals surface area contributed by atoms with E-state index in [1.165, 1.54) is 19.3 Å².